The number of aromatic nitrogens is 2. The SMILES string of the molecule is Cc1nc(Cl)nc(-c2cc(Cl)cc(Cl)c2)c1[N+](=O)[O-]. The highest BCUT2D eigenvalue weighted by molar-refractivity contribution is 6.35. The number of nitro groups is 1. The van der Waals surface area contributed by atoms with Crippen LogP contribution >= 0.6 is 34.8 Å². The van der Waals surface area contributed by atoms with Crippen LogP contribution in [0.25, 0.3) is 11.3 Å². The first kappa shape index (κ1) is 14.0. The van der Waals surface area contributed by atoms with E-state index in [1.54, 1.807) is 0 Å². The maximum absolute atomic E-state index is 11.1. The number of hydrogen-bond donors (Lipinski definition) is 0. The molecule has 1 aromatic carbocycles. The predicted molar refractivity (Wildman–Crippen MR) is 73.9 cm³/mol. The number of hydrogen-bond acceptors (Lipinski definition) is 4. The third-order valence-corrected chi connectivity index (χ3v) is 2.96. The molecular formula is C11H6Cl3N3O2. The summed E-state index contributed by atoms with van der Waals surface area (Å²) in [6.07, 6.45) is 0. The number of nitrogens with zero attached hydrogens (tertiary/aromatic N) is 3. The van der Waals surface area contributed by atoms with E-state index in [9.17, 15) is 10.1 Å². The molecule has 0 aliphatic heterocycles. The van der Waals surface area contributed by atoms with Gasteiger partial charge in [-0.25, -0.2) is 9.97 Å². The Balaban J connectivity index is 2.77. The van der Waals surface area contributed by atoms with E-state index in [1.807, 2.05) is 0 Å². The molecule has 0 radical (unpaired) electrons. The first-order valence-corrected chi connectivity index (χ1v) is 6.17. The summed E-state index contributed by atoms with van der Waals surface area (Å²) in [7, 11) is 0. The zero-order chi connectivity index (χ0) is 14.2. The van der Waals surface area contributed by atoms with Crippen LogP contribution in [0.4, 0.5) is 5.69 Å². The molecular weight excluding hydrogens is 312 g/mol. The lowest BCUT2D eigenvalue weighted by Crippen LogP contribution is -2.01. The summed E-state index contributed by atoms with van der Waals surface area (Å²) in [5.41, 5.74) is 0.460. The lowest BCUT2D eigenvalue weighted by atomic mass is 10.1. The van der Waals surface area contributed by atoms with Crippen LogP contribution in [0.1, 0.15) is 5.69 Å². The Morgan fingerprint density at radius 2 is 1.68 bits per heavy atom. The van der Waals surface area contributed by atoms with Gasteiger partial charge in [-0.3, -0.25) is 10.1 Å². The van der Waals surface area contributed by atoms with Gasteiger partial charge in [-0.05, 0) is 36.7 Å². The number of benzene rings is 1. The molecule has 0 unspecified atom stereocenters. The maximum Gasteiger partial charge on any atom is 0.316 e. The van der Waals surface area contributed by atoms with Crippen molar-refractivity contribution in [2.75, 3.05) is 0 Å². The fraction of sp³-hybridized carbons (Fsp3) is 0.0909. The normalized spacial score (nSPS) is 10.5. The van der Waals surface area contributed by atoms with Crippen molar-refractivity contribution in [1.82, 2.24) is 9.97 Å². The van der Waals surface area contributed by atoms with Crippen molar-refractivity contribution in [3.63, 3.8) is 0 Å². The van der Waals surface area contributed by atoms with Gasteiger partial charge in [0, 0.05) is 15.6 Å². The van der Waals surface area contributed by atoms with Crippen molar-refractivity contribution in [2.24, 2.45) is 0 Å². The zero-order valence-electron chi connectivity index (χ0n) is 9.52. The fourth-order valence-corrected chi connectivity index (χ4v) is 2.38. The molecule has 0 saturated carbocycles. The summed E-state index contributed by atoms with van der Waals surface area (Å²) >= 11 is 17.5. The van der Waals surface area contributed by atoms with E-state index < -0.39 is 4.92 Å². The molecule has 0 amide bonds. The monoisotopic (exact) mass is 317 g/mol. The highest BCUT2D eigenvalue weighted by Gasteiger charge is 2.23. The lowest BCUT2D eigenvalue weighted by Gasteiger charge is -2.06. The molecule has 5 nitrogen and oxygen atoms in total. The Morgan fingerprint density at radius 1 is 1.11 bits per heavy atom. The predicted octanol–water partition coefficient (Wildman–Crippen LogP) is 4.32. The number of aryl methyl sites for hydroxylation is 1. The van der Waals surface area contributed by atoms with Crippen molar-refractivity contribution in [3.05, 3.63) is 49.3 Å². The molecule has 0 aliphatic rings. The fourth-order valence-electron chi connectivity index (χ4n) is 1.64. The van der Waals surface area contributed by atoms with Crippen LogP contribution in [0, 0.1) is 17.0 Å². The number of rotatable bonds is 2. The first-order chi connectivity index (χ1) is 8.88. The van der Waals surface area contributed by atoms with Gasteiger partial charge in [0.05, 0.1) is 4.92 Å². The molecule has 0 atom stereocenters. The highest BCUT2D eigenvalue weighted by atomic mass is 35.5. The van der Waals surface area contributed by atoms with Gasteiger partial charge in [0.2, 0.25) is 5.28 Å². The molecule has 0 spiro atoms. The highest BCUT2D eigenvalue weighted by Crippen LogP contribution is 2.34. The second-order valence-electron chi connectivity index (χ2n) is 3.69. The first-order valence-electron chi connectivity index (χ1n) is 5.03. The minimum atomic E-state index is -0.560. The van der Waals surface area contributed by atoms with Gasteiger partial charge in [-0.15, -0.1) is 0 Å². The smallest absolute Gasteiger partial charge is 0.258 e. The van der Waals surface area contributed by atoms with Gasteiger partial charge in [-0.2, -0.15) is 0 Å². The zero-order valence-corrected chi connectivity index (χ0v) is 11.8. The maximum atomic E-state index is 11.1. The van der Waals surface area contributed by atoms with E-state index >= 15 is 0 Å². The van der Waals surface area contributed by atoms with Crippen molar-refractivity contribution >= 4 is 40.5 Å². The molecule has 1 heterocycles. The van der Waals surface area contributed by atoms with Gasteiger partial charge >= 0.3 is 5.69 Å². The number of halogens is 3. The van der Waals surface area contributed by atoms with Crippen LogP contribution in [-0.2, 0) is 0 Å². The topological polar surface area (TPSA) is 68.9 Å². The molecule has 2 rings (SSSR count). The van der Waals surface area contributed by atoms with E-state index in [0.29, 0.717) is 15.6 Å². The van der Waals surface area contributed by atoms with Crippen LogP contribution in [0.5, 0.6) is 0 Å². The van der Waals surface area contributed by atoms with Crippen LogP contribution in [0.3, 0.4) is 0 Å². The summed E-state index contributed by atoms with van der Waals surface area (Å²) in [5.74, 6) is 0. The Morgan fingerprint density at radius 3 is 2.21 bits per heavy atom. The van der Waals surface area contributed by atoms with Crippen LogP contribution < -0.4 is 0 Å². The van der Waals surface area contributed by atoms with E-state index in [4.69, 9.17) is 34.8 Å². The van der Waals surface area contributed by atoms with Crippen molar-refractivity contribution in [2.45, 2.75) is 6.92 Å². The summed E-state index contributed by atoms with van der Waals surface area (Å²) in [6, 6.07) is 4.57. The van der Waals surface area contributed by atoms with Crippen LogP contribution in [0.2, 0.25) is 15.3 Å². The van der Waals surface area contributed by atoms with Gasteiger partial charge in [-0.1, -0.05) is 23.2 Å². The van der Waals surface area contributed by atoms with Gasteiger partial charge in [0.25, 0.3) is 0 Å². The minimum Gasteiger partial charge on any atom is -0.258 e. The van der Waals surface area contributed by atoms with Crippen LogP contribution in [-0.4, -0.2) is 14.9 Å². The molecule has 0 saturated heterocycles. The Labute approximate surface area is 123 Å². The summed E-state index contributed by atoms with van der Waals surface area (Å²) < 4.78 is 0. The Bertz CT molecular complexity index is 656. The molecule has 19 heavy (non-hydrogen) atoms. The third-order valence-electron chi connectivity index (χ3n) is 2.35. The molecule has 8 heteroatoms. The van der Waals surface area contributed by atoms with E-state index in [1.165, 1.54) is 25.1 Å². The lowest BCUT2D eigenvalue weighted by molar-refractivity contribution is -0.385. The average Bonchev–Trinajstić information content (AvgIpc) is 2.25. The van der Waals surface area contributed by atoms with Gasteiger partial charge < -0.3 is 0 Å². The summed E-state index contributed by atoms with van der Waals surface area (Å²) in [5, 5.41) is 11.7. The second kappa shape index (κ2) is 5.28. The molecule has 2 aromatic rings. The van der Waals surface area contributed by atoms with Crippen molar-refractivity contribution in [3.8, 4) is 11.3 Å². The quantitative estimate of drug-likeness (QED) is 0.470. The molecule has 0 aliphatic carbocycles. The van der Waals surface area contributed by atoms with Gasteiger partial charge in [0.1, 0.15) is 5.69 Å². The summed E-state index contributed by atoms with van der Waals surface area (Å²) in [4.78, 5) is 18.2. The molecule has 0 N–H and O–H groups in total. The van der Waals surface area contributed by atoms with Crippen molar-refractivity contribution < 1.29 is 4.92 Å². The van der Waals surface area contributed by atoms with E-state index in [2.05, 4.69) is 9.97 Å². The molecule has 0 fully saturated rings. The Hall–Kier alpha value is -1.43. The largest absolute Gasteiger partial charge is 0.316 e. The standard InChI is InChI=1S/C11H6Cl3N3O2/c1-5-10(17(18)19)9(16-11(14)15-5)6-2-7(12)4-8(13)3-6/h2-4H,1H3. The Kier molecular flexibility index (Phi) is 3.89. The molecule has 0 bridgehead atoms. The second-order valence-corrected chi connectivity index (χ2v) is 4.90. The third kappa shape index (κ3) is 2.94. The molecule has 98 valence electrons. The van der Waals surface area contributed by atoms with Crippen molar-refractivity contribution in [1.29, 1.82) is 0 Å². The summed E-state index contributed by atoms with van der Waals surface area (Å²) in [6.45, 7) is 1.49. The van der Waals surface area contributed by atoms with E-state index in [-0.39, 0.29) is 22.4 Å². The van der Waals surface area contributed by atoms with Crippen LogP contribution in [0.15, 0.2) is 18.2 Å². The van der Waals surface area contributed by atoms with Gasteiger partial charge in [0.15, 0.2) is 5.69 Å². The average molecular weight is 319 g/mol. The molecule has 1 aromatic heterocycles. The van der Waals surface area contributed by atoms with E-state index in [0.717, 1.165) is 0 Å². The minimum absolute atomic E-state index is 0.0748.